The summed E-state index contributed by atoms with van der Waals surface area (Å²) in [6, 6.07) is 5.76. The molecule has 4 heteroatoms. The Balaban J connectivity index is 1.80. The molecule has 1 fully saturated rings. The van der Waals surface area contributed by atoms with Crippen molar-refractivity contribution in [1.29, 1.82) is 0 Å². The minimum atomic E-state index is 0.639. The van der Waals surface area contributed by atoms with E-state index in [1.807, 2.05) is 18.2 Å². The van der Waals surface area contributed by atoms with E-state index >= 15 is 0 Å². The Hall–Kier alpha value is -1.55. The maximum absolute atomic E-state index is 5.74. The molecule has 2 aromatic rings. The predicted molar refractivity (Wildman–Crippen MR) is 55.9 cm³/mol. The molecule has 1 aromatic carbocycles. The fraction of sp³-hybridized carbons (Fsp3) is 0.364. The van der Waals surface area contributed by atoms with Crippen LogP contribution in [0.25, 0.3) is 11.0 Å². The van der Waals surface area contributed by atoms with Gasteiger partial charge < -0.3 is 14.6 Å². The van der Waals surface area contributed by atoms with E-state index in [4.69, 9.17) is 9.26 Å². The van der Waals surface area contributed by atoms with Crippen LogP contribution in [0.3, 0.4) is 0 Å². The molecule has 0 unspecified atom stereocenters. The van der Waals surface area contributed by atoms with Gasteiger partial charge in [0.2, 0.25) is 0 Å². The van der Waals surface area contributed by atoms with Gasteiger partial charge in [0.1, 0.15) is 5.75 Å². The number of fused-ring (bicyclic) bond motifs is 1. The van der Waals surface area contributed by atoms with Gasteiger partial charge in [-0.15, -0.1) is 0 Å². The average Bonchev–Trinajstić information content (AvgIpc) is 2.63. The van der Waals surface area contributed by atoms with Crippen LogP contribution in [0.4, 0.5) is 0 Å². The van der Waals surface area contributed by atoms with Gasteiger partial charge in [-0.3, -0.25) is 0 Å². The maximum Gasteiger partial charge on any atom is 0.170 e. The summed E-state index contributed by atoms with van der Waals surface area (Å²) in [5, 5.41) is 7.92. The second-order valence-electron chi connectivity index (χ2n) is 3.83. The van der Waals surface area contributed by atoms with Gasteiger partial charge in [-0.1, -0.05) is 11.2 Å². The molecule has 0 atom stereocenters. The second kappa shape index (κ2) is 3.55. The third-order valence-corrected chi connectivity index (χ3v) is 2.70. The fourth-order valence-corrected chi connectivity index (χ4v) is 1.67. The van der Waals surface area contributed by atoms with Crippen LogP contribution < -0.4 is 10.1 Å². The molecular weight excluding hydrogens is 192 g/mol. The SMILES string of the molecule is c1cc(OCC2CNC2)c2cnoc2c1. The van der Waals surface area contributed by atoms with Crippen LogP contribution in [0.5, 0.6) is 5.75 Å². The lowest BCUT2D eigenvalue weighted by atomic mass is 10.1. The summed E-state index contributed by atoms with van der Waals surface area (Å²) in [5.41, 5.74) is 0.777. The summed E-state index contributed by atoms with van der Waals surface area (Å²) >= 11 is 0. The van der Waals surface area contributed by atoms with Crippen molar-refractivity contribution in [3.05, 3.63) is 24.4 Å². The van der Waals surface area contributed by atoms with Crippen molar-refractivity contribution in [2.75, 3.05) is 19.7 Å². The van der Waals surface area contributed by atoms with Gasteiger partial charge >= 0.3 is 0 Å². The molecule has 3 rings (SSSR count). The fourth-order valence-electron chi connectivity index (χ4n) is 1.67. The number of ether oxygens (including phenoxy) is 1. The Bertz CT molecular complexity index is 462. The lowest BCUT2D eigenvalue weighted by Crippen LogP contribution is -2.45. The molecule has 1 saturated heterocycles. The van der Waals surface area contributed by atoms with Crippen molar-refractivity contribution in [1.82, 2.24) is 10.5 Å². The van der Waals surface area contributed by atoms with Crippen LogP contribution in [0.1, 0.15) is 0 Å². The van der Waals surface area contributed by atoms with Crippen LogP contribution in [-0.2, 0) is 0 Å². The van der Waals surface area contributed by atoms with Gasteiger partial charge in [0, 0.05) is 19.0 Å². The highest BCUT2D eigenvalue weighted by atomic mass is 16.5. The molecule has 1 aliphatic rings. The van der Waals surface area contributed by atoms with Gasteiger partial charge in [0.05, 0.1) is 18.2 Å². The minimum Gasteiger partial charge on any atom is -0.492 e. The molecule has 0 radical (unpaired) electrons. The first-order valence-electron chi connectivity index (χ1n) is 5.10. The second-order valence-corrected chi connectivity index (χ2v) is 3.83. The molecule has 1 aromatic heterocycles. The number of nitrogens with zero attached hydrogens (tertiary/aromatic N) is 1. The Labute approximate surface area is 87.2 Å². The van der Waals surface area contributed by atoms with E-state index in [-0.39, 0.29) is 0 Å². The topological polar surface area (TPSA) is 47.3 Å². The molecule has 1 aliphatic heterocycles. The number of hydrogen-bond acceptors (Lipinski definition) is 4. The monoisotopic (exact) mass is 204 g/mol. The molecule has 78 valence electrons. The van der Waals surface area contributed by atoms with Crippen LogP contribution in [0, 0.1) is 5.92 Å². The van der Waals surface area contributed by atoms with Crippen LogP contribution in [0.15, 0.2) is 28.9 Å². The summed E-state index contributed by atoms with van der Waals surface area (Å²) in [4.78, 5) is 0. The smallest absolute Gasteiger partial charge is 0.170 e. The van der Waals surface area contributed by atoms with Gasteiger partial charge in [-0.25, -0.2) is 0 Å². The van der Waals surface area contributed by atoms with Crippen molar-refractivity contribution in [3.8, 4) is 5.75 Å². The number of aromatic nitrogens is 1. The van der Waals surface area contributed by atoms with Crippen molar-refractivity contribution in [3.63, 3.8) is 0 Å². The normalized spacial score (nSPS) is 16.5. The van der Waals surface area contributed by atoms with Gasteiger partial charge in [0.15, 0.2) is 5.58 Å². The molecule has 0 spiro atoms. The Morgan fingerprint density at radius 2 is 2.40 bits per heavy atom. The zero-order valence-corrected chi connectivity index (χ0v) is 8.27. The number of rotatable bonds is 3. The van der Waals surface area contributed by atoms with Crippen molar-refractivity contribution in [2.24, 2.45) is 5.92 Å². The van der Waals surface area contributed by atoms with E-state index in [9.17, 15) is 0 Å². The Morgan fingerprint density at radius 3 is 3.20 bits per heavy atom. The Kier molecular flexibility index (Phi) is 2.07. The van der Waals surface area contributed by atoms with Crippen LogP contribution >= 0.6 is 0 Å². The Morgan fingerprint density at radius 1 is 1.47 bits per heavy atom. The van der Waals surface area contributed by atoms with Gasteiger partial charge in [-0.05, 0) is 12.1 Å². The van der Waals surface area contributed by atoms with E-state index in [0.29, 0.717) is 5.92 Å². The van der Waals surface area contributed by atoms with Gasteiger partial charge in [0.25, 0.3) is 0 Å². The van der Waals surface area contributed by atoms with E-state index in [0.717, 1.165) is 36.4 Å². The highest BCUT2D eigenvalue weighted by molar-refractivity contribution is 5.82. The molecule has 0 amide bonds. The molecule has 2 heterocycles. The zero-order valence-electron chi connectivity index (χ0n) is 8.27. The molecular formula is C11H12N2O2. The molecule has 15 heavy (non-hydrogen) atoms. The summed E-state index contributed by atoms with van der Waals surface area (Å²) in [6.07, 6.45) is 1.70. The first-order chi connectivity index (χ1) is 7.43. The highest BCUT2D eigenvalue weighted by Crippen LogP contribution is 2.25. The summed E-state index contributed by atoms with van der Waals surface area (Å²) in [5.74, 6) is 1.50. The predicted octanol–water partition coefficient (Wildman–Crippen LogP) is 1.43. The maximum atomic E-state index is 5.74. The molecule has 0 saturated carbocycles. The zero-order chi connectivity index (χ0) is 10.1. The van der Waals surface area contributed by atoms with E-state index in [1.54, 1.807) is 6.20 Å². The van der Waals surface area contributed by atoms with E-state index in [2.05, 4.69) is 10.5 Å². The van der Waals surface area contributed by atoms with Crippen molar-refractivity contribution >= 4 is 11.0 Å². The third kappa shape index (κ3) is 1.57. The quantitative estimate of drug-likeness (QED) is 0.821. The van der Waals surface area contributed by atoms with E-state index in [1.165, 1.54) is 0 Å². The molecule has 0 bridgehead atoms. The first kappa shape index (κ1) is 8.73. The first-order valence-corrected chi connectivity index (χ1v) is 5.10. The minimum absolute atomic E-state index is 0.639. The van der Waals surface area contributed by atoms with Crippen molar-refractivity contribution in [2.45, 2.75) is 0 Å². The van der Waals surface area contributed by atoms with Crippen molar-refractivity contribution < 1.29 is 9.26 Å². The lowest BCUT2D eigenvalue weighted by molar-refractivity contribution is 0.201. The third-order valence-electron chi connectivity index (χ3n) is 2.70. The molecule has 1 N–H and O–H groups in total. The highest BCUT2D eigenvalue weighted by Gasteiger charge is 2.17. The van der Waals surface area contributed by atoms with Gasteiger partial charge in [-0.2, -0.15) is 0 Å². The van der Waals surface area contributed by atoms with Crippen LogP contribution in [-0.4, -0.2) is 24.9 Å². The van der Waals surface area contributed by atoms with Crippen LogP contribution in [0.2, 0.25) is 0 Å². The largest absolute Gasteiger partial charge is 0.492 e. The number of nitrogens with one attached hydrogen (secondary N) is 1. The standard InChI is InChI=1S/C11H12N2O2/c1-2-10(14-7-8-4-12-5-8)9-6-13-15-11(9)3-1/h1-3,6,8,12H,4-5,7H2. The molecule has 4 nitrogen and oxygen atoms in total. The number of hydrogen-bond donors (Lipinski definition) is 1. The summed E-state index contributed by atoms with van der Waals surface area (Å²) in [6.45, 7) is 2.87. The van der Waals surface area contributed by atoms with E-state index < -0.39 is 0 Å². The lowest BCUT2D eigenvalue weighted by Gasteiger charge is -2.26. The summed E-state index contributed by atoms with van der Waals surface area (Å²) in [7, 11) is 0. The summed E-state index contributed by atoms with van der Waals surface area (Å²) < 4.78 is 10.8. The average molecular weight is 204 g/mol. The number of benzene rings is 1. The molecule has 0 aliphatic carbocycles.